The molecule has 0 saturated heterocycles. The molecular formula is C27H22ClFN2O5S2. The molecule has 0 fully saturated rings. The quantitative estimate of drug-likeness (QED) is 0.250. The maximum Gasteiger partial charge on any atom is 0.243 e. The fraction of sp³-hybridized carbons (Fsp3) is 0.111. The van der Waals surface area contributed by atoms with Gasteiger partial charge in [0.25, 0.3) is 0 Å². The number of hydrogen-bond donors (Lipinski definition) is 0. The smallest absolute Gasteiger partial charge is 0.243 e. The van der Waals surface area contributed by atoms with Gasteiger partial charge >= 0.3 is 0 Å². The molecule has 196 valence electrons. The summed E-state index contributed by atoms with van der Waals surface area (Å²) in [6.07, 6.45) is 1.57. The highest BCUT2D eigenvalue weighted by atomic mass is 35.5. The van der Waals surface area contributed by atoms with Gasteiger partial charge in [0.1, 0.15) is 11.6 Å². The van der Waals surface area contributed by atoms with Crippen molar-refractivity contribution < 1.29 is 26.0 Å². The molecular weight excluding hydrogens is 551 g/mol. The first-order chi connectivity index (χ1) is 18.0. The Morgan fingerprint density at radius 3 is 2.16 bits per heavy atom. The van der Waals surface area contributed by atoms with E-state index in [1.54, 1.807) is 36.5 Å². The summed E-state index contributed by atoms with van der Waals surface area (Å²) in [7, 11) is -7.98. The van der Waals surface area contributed by atoms with Gasteiger partial charge in [-0.15, -0.1) is 0 Å². The van der Waals surface area contributed by atoms with Gasteiger partial charge in [-0.05, 0) is 60.2 Å². The molecule has 0 amide bonds. The third kappa shape index (κ3) is 6.70. The number of carbonyl (C=O) groups is 1. The summed E-state index contributed by atoms with van der Waals surface area (Å²) in [6.45, 7) is -0.0318. The highest BCUT2D eigenvalue weighted by Crippen LogP contribution is 2.23. The van der Waals surface area contributed by atoms with E-state index in [0.29, 0.717) is 16.3 Å². The van der Waals surface area contributed by atoms with Crippen molar-refractivity contribution >= 4 is 37.2 Å². The largest absolute Gasteiger partial charge is 0.293 e. The molecule has 0 bridgehead atoms. The van der Waals surface area contributed by atoms with Crippen LogP contribution in [0.15, 0.2) is 107 Å². The Balaban J connectivity index is 1.55. The molecule has 0 saturated carbocycles. The third-order valence-corrected chi connectivity index (χ3v) is 9.30. The summed E-state index contributed by atoms with van der Waals surface area (Å²) in [6, 6.07) is 21.5. The van der Waals surface area contributed by atoms with Crippen molar-refractivity contribution in [3.05, 3.63) is 125 Å². The second-order valence-corrected chi connectivity index (χ2v) is 12.7. The summed E-state index contributed by atoms with van der Waals surface area (Å²) < 4.78 is 66.7. The summed E-state index contributed by atoms with van der Waals surface area (Å²) in [5.41, 5.74) is 1.24. The van der Waals surface area contributed by atoms with E-state index in [9.17, 15) is 26.0 Å². The summed E-state index contributed by atoms with van der Waals surface area (Å²) >= 11 is 5.92. The van der Waals surface area contributed by atoms with Crippen LogP contribution >= 0.6 is 11.6 Å². The zero-order chi connectivity index (χ0) is 27.3. The monoisotopic (exact) mass is 572 g/mol. The van der Waals surface area contributed by atoms with Gasteiger partial charge in [-0.3, -0.25) is 9.78 Å². The maximum absolute atomic E-state index is 13.5. The van der Waals surface area contributed by atoms with E-state index in [1.165, 1.54) is 52.8 Å². The molecule has 0 aliphatic heterocycles. The average Bonchev–Trinajstić information content (AvgIpc) is 2.89. The van der Waals surface area contributed by atoms with Gasteiger partial charge < -0.3 is 0 Å². The number of sulfone groups is 1. The Labute approximate surface area is 225 Å². The number of pyridine rings is 1. The van der Waals surface area contributed by atoms with Crippen LogP contribution in [0.1, 0.15) is 21.6 Å². The minimum Gasteiger partial charge on any atom is -0.293 e. The molecule has 1 aromatic heterocycles. The van der Waals surface area contributed by atoms with E-state index in [-0.39, 0.29) is 28.4 Å². The number of rotatable bonds is 10. The molecule has 0 aliphatic rings. The fourth-order valence-electron chi connectivity index (χ4n) is 3.65. The molecule has 11 heteroatoms. The first-order valence-electron chi connectivity index (χ1n) is 11.3. The molecule has 4 rings (SSSR count). The normalized spacial score (nSPS) is 12.0. The van der Waals surface area contributed by atoms with Crippen LogP contribution in [0.5, 0.6) is 0 Å². The Hall–Kier alpha value is -3.44. The van der Waals surface area contributed by atoms with Crippen molar-refractivity contribution in [1.82, 2.24) is 9.29 Å². The van der Waals surface area contributed by atoms with E-state index in [0.717, 1.165) is 12.1 Å². The van der Waals surface area contributed by atoms with Crippen molar-refractivity contribution in [2.24, 2.45) is 0 Å². The van der Waals surface area contributed by atoms with Crippen LogP contribution in [-0.2, 0) is 33.0 Å². The predicted molar refractivity (Wildman–Crippen MR) is 141 cm³/mol. The second kappa shape index (κ2) is 11.5. The number of hydrogen-bond acceptors (Lipinski definition) is 6. The first-order valence-corrected chi connectivity index (χ1v) is 14.8. The zero-order valence-corrected chi connectivity index (χ0v) is 22.3. The molecule has 0 atom stereocenters. The van der Waals surface area contributed by atoms with E-state index in [4.69, 9.17) is 11.6 Å². The van der Waals surface area contributed by atoms with Crippen LogP contribution in [0.2, 0.25) is 5.02 Å². The lowest BCUT2D eigenvalue weighted by Crippen LogP contribution is -2.30. The lowest BCUT2D eigenvalue weighted by Gasteiger charge is -2.22. The molecule has 0 unspecified atom stereocenters. The molecule has 7 nitrogen and oxygen atoms in total. The van der Waals surface area contributed by atoms with Crippen LogP contribution in [0.3, 0.4) is 0 Å². The van der Waals surface area contributed by atoms with E-state index >= 15 is 0 Å². The number of nitrogens with zero attached hydrogens (tertiary/aromatic N) is 2. The number of sulfonamides is 1. The summed E-state index contributed by atoms with van der Waals surface area (Å²) in [5.74, 6) is -2.21. The Morgan fingerprint density at radius 2 is 1.53 bits per heavy atom. The van der Waals surface area contributed by atoms with Crippen molar-refractivity contribution in [3.8, 4) is 0 Å². The molecule has 3 aromatic carbocycles. The SMILES string of the molecule is O=C(CS(=O)(=O)c1cccc(F)c1)c1ccc(CN(Cc2ccccn2)S(=O)(=O)c2ccc(Cl)cc2)cc1. The maximum atomic E-state index is 13.5. The van der Waals surface area contributed by atoms with E-state index in [1.807, 2.05) is 0 Å². The van der Waals surface area contributed by atoms with Crippen LogP contribution in [0.4, 0.5) is 4.39 Å². The number of aromatic nitrogens is 1. The van der Waals surface area contributed by atoms with E-state index in [2.05, 4.69) is 4.98 Å². The van der Waals surface area contributed by atoms with Gasteiger partial charge in [-0.2, -0.15) is 4.31 Å². The van der Waals surface area contributed by atoms with Crippen LogP contribution < -0.4 is 0 Å². The number of benzene rings is 3. The molecule has 1 heterocycles. The van der Waals surface area contributed by atoms with Gasteiger partial charge in [0.05, 0.1) is 22.0 Å². The molecule has 0 aliphatic carbocycles. The van der Waals surface area contributed by atoms with Crippen molar-refractivity contribution in [1.29, 1.82) is 0 Å². The average molecular weight is 573 g/mol. The lowest BCUT2D eigenvalue weighted by atomic mass is 10.1. The van der Waals surface area contributed by atoms with Gasteiger partial charge in [-0.1, -0.05) is 48.0 Å². The minimum absolute atomic E-state index is 0.00163. The Morgan fingerprint density at radius 1 is 0.816 bits per heavy atom. The highest BCUT2D eigenvalue weighted by Gasteiger charge is 2.26. The van der Waals surface area contributed by atoms with Crippen molar-refractivity contribution in [3.63, 3.8) is 0 Å². The first kappa shape index (κ1) is 27.6. The lowest BCUT2D eigenvalue weighted by molar-refractivity contribution is 0.102. The van der Waals surface area contributed by atoms with E-state index < -0.39 is 37.2 Å². The second-order valence-electron chi connectivity index (χ2n) is 8.38. The van der Waals surface area contributed by atoms with Gasteiger partial charge in [0.2, 0.25) is 10.0 Å². The topological polar surface area (TPSA) is 101 Å². The highest BCUT2D eigenvalue weighted by molar-refractivity contribution is 7.92. The van der Waals surface area contributed by atoms with Crippen LogP contribution in [-0.4, -0.2) is 37.7 Å². The standard InChI is InChI=1S/C27H22ClFN2O5S2/c28-22-11-13-25(14-12-22)38(35,36)31(18-24-5-1-2-15-30-24)17-20-7-9-21(10-8-20)27(32)19-37(33,34)26-6-3-4-23(29)16-26/h1-16H,17-19H2. The van der Waals surface area contributed by atoms with Crippen molar-refractivity contribution in [2.75, 3.05) is 5.75 Å². The number of halogens is 2. The number of carbonyl (C=O) groups excluding carboxylic acids is 1. The predicted octanol–water partition coefficient (Wildman–Crippen LogP) is 4.92. The fourth-order valence-corrected chi connectivity index (χ4v) is 6.44. The minimum atomic E-state index is -4.04. The molecule has 0 spiro atoms. The van der Waals surface area contributed by atoms with Gasteiger partial charge in [-0.25, -0.2) is 21.2 Å². The Bertz CT molecular complexity index is 1650. The summed E-state index contributed by atoms with van der Waals surface area (Å²) in [4.78, 5) is 16.7. The van der Waals surface area contributed by atoms with Gasteiger partial charge in [0, 0.05) is 23.3 Å². The number of ketones is 1. The molecule has 0 N–H and O–H groups in total. The number of Topliss-reactive ketones (excluding diaryl/α,β-unsaturated/α-hetero) is 1. The van der Waals surface area contributed by atoms with Crippen LogP contribution in [0.25, 0.3) is 0 Å². The molecule has 4 aromatic rings. The zero-order valence-electron chi connectivity index (χ0n) is 19.9. The Kier molecular flexibility index (Phi) is 8.37. The summed E-state index contributed by atoms with van der Waals surface area (Å²) in [5, 5.41) is 0.403. The van der Waals surface area contributed by atoms with Gasteiger partial charge in [0.15, 0.2) is 15.6 Å². The third-order valence-electron chi connectivity index (χ3n) is 5.63. The van der Waals surface area contributed by atoms with Crippen molar-refractivity contribution in [2.45, 2.75) is 22.9 Å². The molecule has 38 heavy (non-hydrogen) atoms. The van der Waals surface area contributed by atoms with Crippen LogP contribution in [0, 0.1) is 5.82 Å². The molecule has 0 radical (unpaired) electrons.